The van der Waals surface area contributed by atoms with Crippen LogP contribution in [0.2, 0.25) is 0 Å². The van der Waals surface area contributed by atoms with Gasteiger partial charge in [0.1, 0.15) is 5.65 Å². The number of aromatic nitrogens is 2. The van der Waals surface area contributed by atoms with E-state index in [9.17, 15) is 4.79 Å². The fraction of sp³-hybridized carbons (Fsp3) is 0.429. The summed E-state index contributed by atoms with van der Waals surface area (Å²) in [5.41, 5.74) is 2.54. The van der Waals surface area contributed by atoms with Gasteiger partial charge in [0, 0.05) is 26.0 Å². The number of unbranched alkanes of at least 4 members (excludes halogenated alkanes) is 1. The largest absolute Gasteiger partial charge is 0.342 e. The third-order valence-electron chi connectivity index (χ3n) is 3.01. The lowest BCUT2D eigenvalue weighted by Gasteiger charge is -2.16. The molecule has 0 atom stereocenters. The third-order valence-corrected chi connectivity index (χ3v) is 3.01. The quantitative estimate of drug-likeness (QED) is 0.830. The minimum atomic E-state index is 0.0664. The third kappa shape index (κ3) is 2.53. The lowest BCUT2D eigenvalue weighted by Crippen LogP contribution is -2.27. The van der Waals surface area contributed by atoms with Gasteiger partial charge in [0.15, 0.2) is 0 Å². The highest BCUT2D eigenvalue weighted by molar-refractivity contribution is 5.94. The number of aryl methyl sites for hydroxylation is 1. The van der Waals surface area contributed by atoms with Crippen LogP contribution in [0.15, 0.2) is 24.5 Å². The van der Waals surface area contributed by atoms with Gasteiger partial charge in [0.25, 0.3) is 5.91 Å². The van der Waals surface area contributed by atoms with E-state index in [1.54, 1.807) is 4.90 Å². The zero-order valence-corrected chi connectivity index (χ0v) is 11.2. The molecule has 0 bridgehead atoms. The van der Waals surface area contributed by atoms with E-state index in [1.165, 1.54) is 0 Å². The molecule has 0 radical (unpaired) electrons. The standard InChI is InChI=1S/C14H19N3O/c1-4-5-8-16(3)14(18)12-6-7-13-15-11(2)9-17(13)10-12/h6-7,9-10H,4-5,8H2,1-3H3. The van der Waals surface area contributed by atoms with Gasteiger partial charge < -0.3 is 9.30 Å². The summed E-state index contributed by atoms with van der Waals surface area (Å²) in [6, 6.07) is 3.72. The van der Waals surface area contributed by atoms with Gasteiger partial charge in [-0.15, -0.1) is 0 Å². The van der Waals surface area contributed by atoms with Gasteiger partial charge >= 0.3 is 0 Å². The Balaban J connectivity index is 2.22. The number of nitrogens with zero attached hydrogens (tertiary/aromatic N) is 3. The minimum Gasteiger partial charge on any atom is -0.342 e. The second kappa shape index (κ2) is 5.21. The van der Waals surface area contributed by atoms with Crippen LogP contribution in [0.25, 0.3) is 5.65 Å². The maximum atomic E-state index is 12.2. The highest BCUT2D eigenvalue weighted by Gasteiger charge is 2.12. The van der Waals surface area contributed by atoms with Crippen molar-refractivity contribution >= 4 is 11.6 Å². The maximum absolute atomic E-state index is 12.2. The predicted molar refractivity (Wildman–Crippen MR) is 71.8 cm³/mol. The molecule has 18 heavy (non-hydrogen) atoms. The van der Waals surface area contributed by atoms with E-state index in [0.29, 0.717) is 5.56 Å². The van der Waals surface area contributed by atoms with Gasteiger partial charge in [0.2, 0.25) is 0 Å². The van der Waals surface area contributed by atoms with Crippen LogP contribution < -0.4 is 0 Å². The van der Waals surface area contributed by atoms with Crippen molar-refractivity contribution in [3.8, 4) is 0 Å². The fourth-order valence-electron chi connectivity index (χ4n) is 1.96. The Bertz CT molecular complexity index is 559. The zero-order valence-electron chi connectivity index (χ0n) is 11.2. The molecular weight excluding hydrogens is 226 g/mol. The molecule has 0 aliphatic rings. The molecule has 4 heteroatoms. The van der Waals surface area contributed by atoms with Crippen molar-refractivity contribution in [1.82, 2.24) is 14.3 Å². The van der Waals surface area contributed by atoms with Gasteiger partial charge in [-0.1, -0.05) is 13.3 Å². The number of hydrogen-bond donors (Lipinski definition) is 0. The molecule has 0 aliphatic heterocycles. The fourth-order valence-corrected chi connectivity index (χ4v) is 1.96. The lowest BCUT2D eigenvalue weighted by atomic mass is 10.2. The van der Waals surface area contributed by atoms with E-state index < -0.39 is 0 Å². The summed E-state index contributed by atoms with van der Waals surface area (Å²) in [4.78, 5) is 18.3. The highest BCUT2D eigenvalue weighted by atomic mass is 16.2. The summed E-state index contributed by atoms with van der Waals surface area (Å²) < 4.78 is 1.90. The monoisotopic (exact) mass is 245 g/mol. The number of hydrogen-bond acceptors (Lipinski definition) is 2. The zero-order chi connectivity index (χ0) is 13.1. The predicted octanol–water partition coefficient (Wildman–Crippen LogP) is 2.51. The molecule has 0 spiro atoms. The van der Waals surface area contributed by atoms with Gasteiger partial charge in [0.05, 0.1) is 11.3 Å². The molecule has 4 nitrogen and oxygen atoms in total. The smallest absolute Gasteiger partial charge is 0.255 e. The van der Waals surface area contributed by atoms with Crippen LogP contribution in [-0.4, -0.2) is 33.8 Å². The van der Waals surface area contributed by atoms with E-state index >= 15 is 0 Å². The summed E-state index contributed by atoms with van der Waals surface area (Å²) in [6.45, 7) is 4.87. The summed E-state index contributed by atoms with van der Waals surface area (Å²) in [5, 5.41) is 0. The maximum Gasteiger partial charge on any atom is 0.255 e. The van der Waals surface area contributed by atoms with Crippen molar-refractivity contribution in [2.45, 2.75) is 26.7 Å². The molecule has 2 aromatic heterocycles. The number of carbonyl (C=O) groups is 1. The van der Waals surface area contributed by atoms with Crippen LogP contribution >= 0.6 is 0 Å². The molecule has 0 saturated heterocycles. The van der Waals surface area contributed by atoms with Crippen molar-refractivity contribution in [2.24, 2.45) is 0 Å². The Morgan fingerprint density at radius 2 is 2.17 bits per heavy atom. The first-order chi connectivity index (χ1) is 8.61. The van der Waals surface area contributed by atoms with Gasteiger partial charge in [-0.3, -0.25) is 4.79 Å². The molecule has 0 aliphatic carbocycles. The highest BCUT2D eigenvalue weighted by Crippen LogP contribution is 2.09. The number of carbonyl (C=O) groups excluding carboxylic acids is 1. The van der Waals surface area contributed by atoms with Crippen molar-refractivity contribution in [1.29, 1.82) is 0 Å². The minimum absolute atomic E-state index is 0.0664. The topological polar surface area (TPSA) is 37.6 Å². The Hall–Kier alpha value is -1.84. The molecule has 0 fully saturated rings. The van der Waals surface area contributed by atoms with Crippen molar-refractivity contribution in [3.05, 3.63) is 35.8 Å². The molecule has 96 valence electrons. The molecule has 0 saturated carbocycles. The SMILES string of the molecule is CCCCN(C)C(=O)c1ccc2nc(C)cn2c1. The molecule has 2 heterocycles. The number of pyridine rings is 1. The number of fused-ring (bicyclic) bond motifs is 1. The van der Waals surface area contributed by atoms with Crippen LogP contribution in [0, 0.1) is 6.92 Å². The molecule has 2 rings (SSSR count). The van der Waals surface area contributed by atoms with Crippen LogP contribution in [0.5, 0.6) is 0 Å². The molecule has 0 aromatic carbocycles. The van der Waals surface area contributed by atoms with Crippen molar-refractivity contribution < 1.29 is 4.79 Å². The van der Waals surface area contributed by atoms with Gasteiger partial charge in [-0.2, -0.15) is 0 Å². The van der Waals surface area contributed by atoms with Crippen LogP contribution in [-0.2, 0) is 0 Å². The summed E-state index contributed by atoms with van der Waals surface area (Å²) in [6.07, 6.45) is 5.91. The summed E-state index contributed by atoms with van der Waals surface area (Å²) in [5.74, 6) is 0.0664. The molecule has 0 unspecified atom stereocenters. The van der Waals surface area contributed by atoms with Crippen LogP contribution in [0.1, 0.15) is 35.8 Å². The second-order valence-corrected chi connectivity index (χ2v) is 4.65. The van der Waals surface area contributed by atoms with Crippen LogP contribution in [0.3, 0.4) is 0 Å². The van der Waals surface area contributed by atoms with Gasteiger partial charge in [-0.25, -0.2) is 4.98 Å². The number of imidazole rings is 1. The molecule has 0 N–H and O–H groups in total. The average Bonchev–Trinajstić information content (AvgIpc) is 2.73. The number of amides is 1. The molecular formula is C14H19N3O. The van der Waals surface area contributed by atoms with E-state index in [2.05, 4.69) is 11.9 Å². The Morgan fingerprint density at radius 3 is 2.89 bits per heavy atom. The van der Waals surface area contributed by atoms with Crippen molar-refractivity contribution in [3.63, 3.8) is 0 Å². The van der Waals surface area contributed by atoms with E-state index in [4.69, 9.17) is 0 Å². The Labute approximate surface area is 107 Å². The van der Waals surface area contributed by atoms with E-state index in [0.717, 1.165) is 30.7 Å². The molecule has 2 aromatic rings. The summed E-state index contributed by atoms with van der Waals surface area (Å²) in [7, 11) is 1.85. The Kier molecular flexibility index (Phi) is 3.65. The average molecular weight is 245 g/mol. The first-order valence-corrected chi connectivity index (χ1v) is 6.32. The second-order valence-electron chi connectivity index (χ2n) is 4.65. The van der Waals surface area contributed by atoms with Crippen LogP contribution in [0.4, 0.5) is 0 Å². The normalized spacial score (nSPS) is 10.8. The Morgan fingerprint density at radius 1 is 1.39 bits per heavy atom. The summed E-state index contributed by atoms with van der Waals surface area (Å²) >= 11 is 0. The first-order valence-electron chi connectivity index (χ1n) is 6.32. The van der Waals surface area contributed by atoms with Gasteiger partial charge in [-0.05, 0) is 25.5 Å². The van der Waals surface area contributed by atoms with E-state index in [-0.39, 0.29) is 5.91 Å². The first kappa shape index (κ1) is 12.6. The lowest BCUT2D eigenvalue weighted by molar-refractivity contribution is 0.0793. The number of rotatable bonds is 4. The van der Waals surface area contributed by atoms with Crippen molar-refractivity contribution in [2.75, 3.05) is 13.6 Å². The van der Waals surface area contributed by atoms with E-state index in [1.807, 2.05) is 42.9 Å². The molecule has 1 amide bonds.